The van der Waals surface area contributed by atoms with Crippen LogP contribution in [0, 0.1) is 5.41 Å². The summed E-state index contributed by atoms with van der Waals surface area (Å²) in [6.45, 7) is 1.71. The molecule has 2 aliphatic rings. The van der Waals surface area contributed by atoms with E-state index in [9.17, 15) is 5.11 Å². The number of aromatic nitrogens is 4. The van der Waals surface area contributed by atoms with Gasteiger partial charge in [-0.2, -0.15) is 0 Å². The number of fused-ring (bicyclic) bond motifs is 1. The monoisotopic (exact) mass is 314 g/mol. The molecule has 1 saturated carbocycles. The van der Waals surface area contributed by atoms with Crippen molar-refractivity contribution in [3.05, 3.63) is 24.8 Å². The number of nitrogens with two attached hydrogens (primary N) is 1. The van der Waals surface area contributed by atoms with E-state index in [-0.39, 0.29) is 11.5 Å². The molecule has 7 heteroatoms. The SMILES string of the molecule is Nc1ncnc2c1ncn2[C@@H]1CCC[C@]2(CC=CCNC2)[C@H]1O. The number of allylic oxidation sites excluding steroid dienone is 1. The predicted molar refractivity (Wildman–Crippen MR) is 87.7 cm³/mol. The summed E-state index contributed by atoms with van der Waals surface area (Å²) < 4.78 is 1.98. The minimum Gasteiger partial charge on any atom is -0.390 e. The molecule has 0 saturated heterocycles. The average Bonchev–Trinajstić information content (AvgIpc) is 2.84. The summed E-state index contributed by atoms with van der Waals surface area (Å²) >= 11 is 0. The molecular formula is C16H22N6O. The van der Waals surface area contributed by atoms with E-state index in [1.807, 2.05) is 4.57 Å². The lowest BCUT2D eigenvalue weighted by Gasteiger charge is -2.45. The molecule has 0 unspecified atom stereocenters. The van der Waals surface area contributed by atoms with Crippen molar-refractivity contribution in [2.24, 2.45) is 5.41 Å². The van der Waals surface area contributed by atoms with Gasteiger partial charge in [-0.25, -0.2) is 15.0 Å². The Morgan fingerprint density at radius 3 is 3.13 bits per heavy atom. The summed E-state index contributed by atoms with van der Waals surface area (Å²) in [6, 6.07) is -0.0312. The first-order chi connectivity index (χ1) is 11.2. The number of rotatable bonds is 1. The van der Waals surface area contributed by atoms with Crippen LogP contribution in [0.4, 0.5) is 5.82 Å². The Labute approximate surface area is 134 Å². The van der Waals surface area contributed by atoms with Gasteiger partial charge in [0, 0.05) is 18.5 Å². The molecule has 3 heterocycles. The lowest BCUT2D eigenvalue weighted by Crippen LogP contribution is -2.49. The molecule has 1 aliphatic carbocycles. The predicted octanol–water partition coefficient (Wildman–Crippen LogP) is 1.03. The van der Waals surface area contributed by atoms with Crippen LogP contribution < -0.4 is 11.1 Å². The Morgan fingerprint density at radius 2 is 2.22 bits per heavy atom. The van der Waals surface area contributed by atoms with Crippen molar-refractivity contribution >= 4 is 17.0 Å². The summed E-state index contributed by atoms with van der Waals surface area (Å²) in [6.07, 6.45) is 11.0. The maximum Gasteiger partial charge on any atom is 0.165 e. The van der Waals surface area contributed by atoms with Crippen LogP contribution in [0.25, 0.3) is 11.2 Å². The number of nitrogens with zero attached hydrogens (tertiary/aromatic N) is 4. The van der Waals surface area contributed by atoms with Gasteiger partial charge in [0.15, 0.2) is 11.5 Å². The number of nitrogen functional groups attached to an aromatic ring is 1. The molecule has 0 radical (unpaired) electrons. The first-order valence-electron chi connectivity index (χ1n) is 8.18. The van der Waals surface area contributed by atoms with Crippen LogP contribution in [0.3, 0.4) is 0 Å². The molecule has 2 aromatic heterocycles. The van der Waals surface area contributed by atoms with Crippen molar-refractivity contribution in [1.82, 2.24) is 24.8 Å². The van der Waals surface area contributed by atoms with E-state index in [1.54, 1.807) is 6.33 Å². The summed E-state index contributed by atoms with van der Waals surface area (Å²) in [4.78, 5) is 12.7. The van der Waals surface area contributed by atoms with Crippen molar-refractivity contribution in [1.29, 1.82) is 0 Å². The van der Waals surface area contributed by atoms with E-state index in [1.165, 1.54) is 6.33 Å². The Morgan fingerprint density at radius 1 is 1.30 bits per heavy atom. The van der Waals surface area contributed by atoms with Crippen molar-refractivity contribution in [3.63, 3.8) is 0 Å². The molecule has 0 aromatic carbocycles. The van der Waals surface area contributed by atoms with E-state index < -0.39 is 6.10 Å². The highest BCUT2D eigenvalue weighted by Gasteiger charge is 2.45. The van der Waals surface area contributed by atoms with Gasteiger partial charge in [-0.05, 0) is 19.3 Å². The van der Waals surface area contributed by atoms with Crippen LogP contribution in [0.2, 0.25) is 0 Å². The van der Waals surface area contributed by atoms with E-state index in [4.69, 9.17) is 5.73 Å². The molecule has 2 aromatic rings. The van der Waals surface area contributed by atoms with Crippen molar-refractivity contribution in [3.8, 4) is 0 Å². The third kappa shape index (κ3) is 2.31. The quantitative estimate of drug-likeness (QED) is 0.680. The standard InChI is InChI=1S/C16H22N6O/c17-14-12-15(20-9-19-14)22(10-21-12)11-4-3-6-16(13(11)23)5-1-2-7-18-8-16/h1-2,9-11,13,18,23H,3-8H2,(H2,17,19,20)/t11-,13+,16+/m1/s1. The first kappa shape index (κ1) is 14.6. The van der Waals surface area contributed by atoms with Gasteiger partial charge in [0.2, 0.25) is 0 Å². The van der Waals surface area contributed by atoms with E-state index in [0.29, 0.717) is 17.0 Å². The third-order valence-corrected chi connectivity index (χ3v) is 5.34. The molecular weight excluding hydrogens is 292 g/mol. The van der Waals surface area contributed by atoms with Crippen LogP contribution in [-0.2, 0) is 0 Å². The number of nitrogens with one attached hydrogen (secondary N) is 1. The van der Waals surface area contributed by atoms with Gasteiger partial charge in [-0.3, -0.25) is 0 Å². The van der Waals surface area contributed by atoms with Gasteiger partial charge in [-0.15, -0.1) is 0 Å². The van der Waals surface area contributed by atoms with Gasteiger partial charge in [0.05, 0.1) is 18.5 Å². The third-order valence-electron chi connectivity index (χ3n) is 5.34. The number of hydrogen-bond acceptors (Lipinski definition) is 6. The van der Waals surface area contributed by atoms with Gasteiger partial charge in [-0.1, -0.05) is 18.6 Å². The second-order valence-corrected chi connectivity index (χ2v) is 6.66. The van der Waals surface area contributed by atoms with Crippen molar-refractivity contribution in [2.45, 2.75) is 37.8 Å². The Bertz CT molecular complexity index is 741. The fraction of sp³-hybridized carbons (Fsp3) is 0.562. The van der Waals surface area contributed by atoms with Crippen molar-refractivity contribution < 1.29 is 5.11 Å². The second kappa shape index (κ2) is 5.58. The van der Waals surface area contributed by atoms with E-state index in [2.05, 4.69) is 32.4 Å². The molecule has 3 atom stereocenters. The molecule has 1 spiro atoms. The van der Waals surface area contributed by atoms with Crippen LogP contribution in [0.1, 0.15) is 31.7 Å². The molecule has 1 fully saturated rings. The number of aliphatic hydroxyl groups is 1. The Hall–Kier alpha value is -1.99. The number of anilines is 1. The zero-order chi connectivity index (χ0) is 15.9. The minimum atomic E-state index is -0.444. The second-order valence-electron chi connectivity index (χ2n) is 6.66. The normalized spacial score (nSPS) is 31.5. The molecule has 23 heavy (non-hydrogen) atoms. The minimum absolute atomic E-state index is 0.0312. The number of hydrogen-bond donors (Lipinski definition) is 3. The highest BCUT2D eigenvalue weighted by Crippen LogP contribution is 2.45. The van der Waals surface area contributed by atoms with Crippen LogP contribution in [-0.4, -0.2) is 43.8 Å². The first-order valence-corrected chi connectivity index (χ1v) is 8.18. The molecule has 122 valence electrons. The van der Waals surface area contributed by atoms with Gasteiger partial charge < -0.3 is 20.7 Å². The zero-order valence-corrected chi connectivity index (χ0v) is 13.0. The number of imidazole rings is 1. The highest BCUT2D eigenvalue weighted by atomic mass is 16.3. The van der Waals surface area contributed by atoms with Crippen LogP contribution in [0.5, 0.6) is 0 Å². The molecule has 4 N–H and O–H groups in total. The summed E-state index contributed by atoms with van der Waals surface area (Å²) in [5.74, 6) is 0.382. The Kier molecular flexibility index (Phi) is 3.54. The van der Waals surface area contributed by atoms with Crippen LogP contribution in [0.15, 0.2) is 24.8 Å². The van der Waals surface area contributed by atoms with Crippen molar-refractivity contribution in [2.75, 3.05) is 18.8 Å². The maximum atomic E-state index is 11.2. The van der Waals surface area contributed by atoms with Gasteiger partial charge in [0.1, 0.15) is 11.8 Å². The highest BCUT2D eigenvalue weighted by molar-refractivity contribution is 5.81. The molecule has 1 aliphatic heterocycles. The largest absolute Gasteiger partial charge is 0.390 e. The van der Waals surface area contributed by atoms with E-state index in [0.717, 1.165) is 38.8 Å². The summed E-state index contributed by atoms with van der Waals surface area (Å²) in [5, 5.41) is 14.6. The molecule has 7 nitrogen and oxygen atoms in total. The molecule has 4 rings (SSSR count). The average molecular weight is 314 g/mol. The number of aliphatic hydroxyl groups excluding tert-OH is 1. The molecule has 0 amide bonds. The smallest absolute Gasteiger partial charge is 0.165 e. The zero-order valence-electron chi connectivity index (χ0n) is 13.0. The molecule has 0 bridgehead atoms. The fourth-order valence-electron chi connectivity index (χ4n) is 4.07. The van der Waals surface area contributed by atoms with E-state index >= 15 is 0 Å². The fourth-order valence-corrected chi connectivity index (χ4v) is 4.07. The van der Waals surface area contributed by atoms with Gasteiger partial charge >= 0.3 is 0 Å². The maximum absolute atomic E-state index is 11.2. The Balaban J connectivity index is 1.73. The topological polar surface area (TPSA) is 102 Å². The van der Waals surface area contributed by atoms with Crippen LogP contribution >= 0.6 is 0 Å². The lowest BCUT2D eigenvalue weighted by molar-refractivity contribution is -0.0432. The lowest BCUT2D eigenvalue weighted by atomic mass is 9.67. The summed E-state index contributed by atoms with van der Waals surface area (Å²) in [5.41, 5.74) is 7.08. The summed E-state index contributed by atoms with van der Waals surface area (Å²) in [7, 11) is 0. The van der Waals surface area contributed by atoms with Gasteiger partial charge in [0.25, 0.3) is 0 Å².